The Hall–Kier alpha value is -3.42. The first-order valence-electron chi connectivity index (χ1n) is 15.9. The van der Waals surface area contributed by atoms with Gasteiger partial charge in [0.25, 0.3) is 0 Å². The van der Waals surface area contributed by atoms with E-state index in [4.69, 9.17) is 9.47 Å². The number of carboxylic acids is 2. The number of carboxylic acid groups (broad SMARTS) is 2. The highest BCUT2D eigenvalue weighted by Gasteiger charge is 2.45. The lowest BCUT2D eigenvalue weighted by molar-refractivity contribution is -0.152. The first-order chi connectivity index (χ1) is 20.4. The van der Waals surface area contributed by atoms with Gasteiger partial charge in [-0.25, -0.2) is 0 Å². The van der Waals surface area contributed by atoms with Crippen LogP contribution in [-0.4, -0.2) is 43.6 Å². The molecule has 44 heavy (non-hydrogen) atoms. The number of ether oxygens (including phenoxy) is 2. The lowest BCUT2D eigenvalue weighted by Gasteiger charge is -2.42. The maximum absolute atomic E-state index is 13.1. The van der Waals surface area contributed by atoms with Crippen LogP contribution in [0.5, 0.6) is 23.0 Å². The third kappa shape index (κ3) is 6.22. The van der Waals surface area contributed by atoms with Gasteiger partial charge in [0.05, 0.1) is 5.41 Å². The second-order valence-electron chi connectivity index (χ2n) is 14.0. The second-order valence-corrected chi connectivity index (χ2v) is 14.0. The van der Waals surface area contributed by atoms with Gasteiger partial charge in [-0.3, -0.25) is 9.59 Å². The Morgan fingerprint density at radius 2 is 1.09 bits per heavy atom. The molecule has 2 aliphatic rings. The molecule has 0 saturated carbocycles. The number of aliphatic carboxylic acids is 2. The summed E-state index contributed by atoms with van der Waals surface area (Å²) in [5, 5.41) is 41.2. The van der Waals surface area contributed by atoms with Gasteiger partial charge in [-0.05, 0) is 153 Å². The number of carbonyl (C=O) groups is 2. The Labute approximate surface area is 261 Å². The molecule has 2 unspecified atom stereocenters. The number of hydrogen-bond donors (Lipinski definition) is 4. The van der Waals surface area contributed by atoms with Crippen LogP contribution >= 0.6 is 0 Å². The largest absolute Gasteiger partial charge is 0.507 e. The predicted molar refractivity (Wildman–Crippen MR) is 169 cm³/mol. The number of benzene rings is 2. The number of fused-ring (bicyclic) bond motifs is 2. The number of aromatic hydroxyl groups is 2. The van der Waals surface area contributed by atoms with Gasteiger partial charge < -0.3 is 29.9 Å². The van der Waals surface area contributed by atoms with E-state index in [0.717, 1.165) is 68.8 Å². The Kier molecular flexibility index (Phi) is 9.26. The predicted octanol–water partition coefficient (Wildman–Crippen LogP) is 7.70. The molecule has 0 aliphatic carbocycles. The summed E-state index contributed by atoms with van der Waals surface area (Å²) in [6.07, 6.45) is 4.98. The van der Waals surface area contributed by atoms with E-state index in [1.807, 2.05) is 55.4 Å². The molecule has 0 saturated heterocycles. The molecule has 0 radical (unpaired) electrons. The Balaban J connectivity index is 1.58. The van der Waals surface area contributed by atoms with Gasteiger partial charge in [-0.1, -0.05) is 0 Å². The van der Waals surface area contributed by atoms with Crippen LogP contribution in [0.15, 0.2) is 0 Å². The van der Waals surface area contributed by atoms with Crippen LogP contribution < -0.4 is 9.47 Å². The van der Waals surface area contributed by atoms with Crippen molar-refractivity contribution < 1.29 is 39.5 Å². The van der Waals surface area contributed by atoms with E-state index < -0.39 is 28.6 Å². The Morgan fingerprint density at radius 3 is 1.45 bits per heavy atom. The van der Waals surface area contributed by atoms with Gasteiger partial charge in [-0.15, -0.1) is 0 Å². The summed E-state index contributed by atoms with van der Waals surface area (Å²) in [4.78, 5) is 24.5. The molecular formula is C36H50O8. The van der Waals surface area contributed by atoms with E-state index in [0.29, 0.717) is 50.0 Å². The molecule has 0 bridgehead atoms. The fraction of sp³-hybridized carbons (Fsp3) is 0.611. The van der Waals surface area contributed by atoms with Crippen molar-refractivity contribution in [3.05, 3.63) is 44.5 Å². The zero-order valence-corrected chi connectivity index (χ0v) is 27.7. The van der Waals surface area contributed by atoms with Gasteiger partial charge >= 0.3 is 11.9 Å². The summed E-state index contributed by atoms with van der Waals surface area (Å²) in [6, 6.07) is 0. The van der Waals surface area contributed by atoms with Crippen LogP contribution in [0.4, 0.5) is 0 Å². The number of phenols is 2. The van der Waals surface area contributed by atoms with Crippen LogP contribution in [0.3, 0.4) is 0 Å². The molecule has 0 spiro atoms. The quantitative estimate of drug-likeness (QED) is 0.203. The normalized spacial score (nSPS) is 22.3. The maximum Gasteiger partial charge on any atom is 0.309 e. The third-order valence-electron chi connectivity index (χ3n) is 10.9. The fourth-order valence-electron chi connectivity index (χ4n) is 7.22. The molecule has 0 amide bonds. The van der Waals surface area contributed by atoms with Crippen molar-refractivity contribution in [3.63, 3.8) is 0 Å². The summed E-state index contributed by atoms with van der Waals surface area (Å²) < 4.78 is 13.3. The third-order valence-corrected chi connectivity index (χ3v) is 10.9. The van der Waals surface area contributed by atoms with Crippen molar-refractivity contribution >= 4 is 11.9 Å². The summed E-state index contributed by atoms with van der Waals surface area (Å²) in [5.74, 6) is 0.323. The monoisotopic (exact) mass is 610 g/mol. The van der Waals surface area contributed by atoms with Crippen LogP contribution in [-0.2, 0) is 22.4 Å². The topological polar surface area (TPSA) is 134 Å². The Bertz CT molecular complexity index is 1380. The van der Waals surface area contributed by atoms with Crippen molar-refractivity contribution in [3.8, 4) is 23.0 Å². The van der Waals surface area contributed by atoms with Gasteiger partial charge in [0.1, 0.15) is 34.2 Å². The molecule has 0 aromatic heterocycles. The fourth-order valence-corrected chi connectivity index (χ4v) is 7.22. The van der Waals surface area contributed by atoms with Crippen molar-refractivity contribution in [2.45, 2.75) is 137 Å². The van der Waals surface area contributed by atoms with Gasteiger partial charge in [0.2, 0.25) is 0 Å². The molecule has 4 rings (SSSR count). The van der Waals surface area contributed by atoms with E-state index in [9.17, 15) is 30.0 Å². The summed E-state index contributed by atoms with van der Waals surface area (Å²) >= 11 is 0. The molecule has 2 aliphatic heterocycles. The highest BCUT2D eigenvalue weighted by atomic mass is 16.5. The van der Waals surface area contributed by atoms with Crippen molar-refractivity contribution in [2.24, 2.45) is 5.41 Å². The number of phenolic OH excluding ortho intramolecular Hbond substituents is 2. The molecule has 0 fully saturated rings. The zero-order chi connectivity index (χ0) is 32.8. The van der Waals surface area contributed by atoms with Crippen molar-refractivity contribution in [1.29, 1.82) is 0 Å². The standard InChI is InChI=1S/C36H50O8/c1-20-22(3)31-26(24(5)29(20)39)11-14-34(7,43-31)16-18-36(33(41)42,13-9-10-28(37)38)19-17-35(8)15-12-27-25(6)30(40)21(2)23(4)32(27)44-35/h39-40H,9-19H2,1-8H3,(H,37,38)(H,41,42). The number of rotatable bonds is 11. The van der Waals surface area contributed by atoms with E-state index in [2.05, 4.69) is 0 Å². The minimum absolute atomic E-state index is 0.0835. The van der Waals surface area contributed by atoms with Crippen LogP contribution in [0.1, 0.15) is 116 Å². The lowest BCUT2D eigenvalue weighted by Crippen LogP contribution is -2.43. The summed E-state index contributed by atoms with van der Waals surface area (Å²) in [6.45, 7) is 15.5. The van der Waals surface area contributed by atoms with Gasteiger partial charge in [0, 0.05) is 17.5 Å². The minimum atomic E-state index is -1.14. The van der Waals surface area contributed by atoms with E-state index in [1.165, 1.54) is 0 Å². The molecule has 2 aromatic carbocycles. The molecule has 242 valence electrons. The highest BCUT2D eigenvalue weighted by Crippen LogP contribution is 2.49. The van der Waals surface area contributed by atoms with Crippen LogP contribution in [0.25, 0.3) is 0 Å². The SMILES string of the molecule is Cc1c(C)c2c(c(C)c1O)CCC(C)(CCC(CCCC(=O)O)(CCC1(C)CCc3c(C)c(O)c(C)c(C)c3O1)C(=O)O)O2. The van der Waals surface area contributed by atoms with Crippen LogP contribution in [0, 0.1) is 47.0 Å². The number of hydrogen-bond acceptors (Lipinski definition) is 6. The van der Waals surface area contributed by atoms with Crippen molar-refractivity contribution in [2.75, 3.05) is 0 Å². The lowest BCUT2D eigenvalue weighted by atomic mass is 9.70. The first-order valence-corrected chi connectivity index (χ1v) is 15.9. The summed E-state index contributed by atoms with van der Waals surface area (Å²) in [5.41, 5.74) is 4.72. The molecule has 8 nitrogen and oxygen atoms in total. The molecule has 4 N–H and O–H groups in total. The molecular weight excluding hydrogens is 560 g/mol. The average Bonchev–Trinajstić information content (AvgIpc) is 2.97. The van der Waals surface area contributed by atoms with E-state index >= 15 is 0 Å². The molecule has 8 heteroatoms. The van der Waals surface area contributed by atoms with E-state index in [-0.39, 0.29) is 19.3 Å². The molecule has 2 atom stereocenters. The average molecular weight is 611 g/mol. The highest BCUT2D eigenvalue weighted by molar-refractivity contribution is 5.75. The zero-order valence-electron chi connectivity index (χ0n) is 27.7. The minimum Gasteiger partial charge on any atom is -0.507 e. The summed E-state index contributed by atoms with van der Waals surface area (Å²) in [7, 11) is 0. The van der Waals surface area contributed by atoms with Crippen LogP contribution in [0.2, 0.25) is 0 Å². The van der Waals surface area contributed by atoms with Gasteiger partial charge in [-0.2, -0.15) is 0 Å². The molecule has 2 aromatic rings. The van der Waals surface area contributed by atoms with Crippen molar-refractivity contribution in [1.82, 2.24) is 0 Å². The first kappa shape index (κ1) is 33.5. The van der Waals surface area contributed by atoms with Gasteiger partial charge in [0.15, 0.2) is 0 Å². The van der Waals surface area contributed by atoms with E-state index in [1.54, 1.807) is 0 Å². The smallest absolute Gasteiger partial charge is 0.309 e. The second kappa shape index (κ2) is 12.2. The Morgan fingerprint density at radius 1 is 0.682 bits per heavy atom. The molecule has 2 heterocycles. The maximum atomic E-state index is 13.1.